The van der Waals surface area contributed by atoms with Crippen molar-refractivity contribution in [1.82, 2.24) is 14.5 Å². The zero-order valence-electron chi connectivity index (χ0n) is 15.6. The molecule has 0 amide bonds. The second kappa shape index (κ2) is 8.94. The van der Waals surface area contributed by atoms with E-state index in [1.807, 2.05) is 0 Å². The van der Waals surface area contributed by atoms with Gasteiger partial charge in [-0.05, 0) is 18.4 Å². The van der Waals surface area contributed by atoms with Crippen LogP contribution in [0.1, 0.15) is 24.6 Å². The summed E-state index contributed by atoms with van der Waals surface area (Å²) in [7, 11) is -16.2. The Morgan fingerprint density at radius 2 is 1.84 bits per heavy atom. The van der Waals surface area contributed by atoms with Gasteiger partial charge in [-0.1, -0.05) is 0 Å². The molecule has 4 atom stereocenters. The number of phosphoric acid groups is 3. The van der Waals surface area contributed by atoms with Crippen LogP contribution >= 0.6 is 23.5 Å². The summed E-state index contributed by atoms with van der Waals surface area (Å²) in [6.45, 7) is -0.344. The van der Waals surface area contributed by atoms with Crippen molar-refractivity contribution < 1.29 is 51.2 Å². The third-order valence-corrected chi connectivity index (χ3v) is 7.97. The number of nitrogens with two attached hydrogens (primary N) is 2. The van der Waals surface area contributed by atoms with Gasteiger partial charge in [0.25, 0.3) is 0 Å². The first-order chi connectivity index (χ1) is 14.3. The Kier molecular flexibility index (Phi) is 7.04. The molecule has 2 aromatic rings. The molecule has 16 nitrogen and oxygen atoms in total. The second-order valence-corrected chi connectivity index (χ2v) is 10.8. The standard InChI is InChI=1S/C12H20N5O11P3/c13-3-7-4-17(12-10(7)11(14)15-6-16-12)9-2-1-8(26-9)5-25-30(21,22)28-31(23,24)27-29(18,19)20/h4,6,8-9H,1-3,5,13H2,(H,21,22)(H,23,24)(H2,14,15,16)(H2,18,19,20)/t8-,9+/m0/s1. The van der Waals surface area contributed by atoms with E-state index >= 15 is 0 Å². The lowest BCUT2D eigenvalue weighted by atomic mass is 10.2. The zero-order valence-corrected chi connectivity index (χ0v) is 18.3. The number of rotatable bonds is 9. The predicted molar refractivity (Wildman–Crippen MR) is 103 cm³/mol. The maximum atomic E-state index is 11.8. The Hall–Kier alpha value is -1.25. The molecule has 0 bridgehead atoms. The fourth-order valence-electron chi connectivity index (χ4n) is 3.06. The van der Waals surface area contributed by atoms with Gasteiger partial charge in [0.15, 0.2) is 0 Å². The number of hydrogen-bond acceptors (Lipinski definition) is 11. The first kappa shape index (κ1) is 24.4. The van der Waals surface area contributed by atoms with Crippen molar-refractivity contribution in [3.05, 3.63) is 18.1 Å². The lowest BCUT2D eigenvalue weighted by molar-refractivity contribution is -0.0203. The number of fused-ring (bicyclic) bond motifs is 1. The van der Waals surface area contributed by atoms with Crippen molar-refractivity contribution in [1.29, 1.82) is 0 Å². The molecule has 0 saturated carbocycles. The molecule has 0 spiro atoms. The lowest BCUT2D eigenvalue weighted by Gasteiger charge is -2.19. The van der Waals surface area contributed by atoms with Crippen molar-refractivity contribution >= 4 is 40.3 Å². The highest BCUT2D eigenvalue weighted by Crippen LogP contribution is 2.66. The van der Waals surface area contributed by atoms with E-state index in [0.29, 0.717) is 29.4 Å². The summed E-state index contributed by atoms with van der Waals surface area (Å²) in [6.07, 6.45) is 2.58. The monoisotopic (exact) mass is 503 g/mol. The van der Waals surface area contributed by atoms with Gasteiger partial charge in [0.2, 0.25) is 0 Å². The van der Waals surface area contributed by atoms with Gasteiger partial charge in [0.05, 0.1) is 18.1 Å². The summed E-state index contributed by atoms with van der Waals surface area (Å²) in [5.41, 5.74) is 12.8. The topological polar surface area (TPSA) is 252 Å². The van der Waals surface area contributed by atoms with E-state index in [1.54, 1.807) is 10.8 Å². The minimum atomic E-state index is -5.57. The highest BCUT2D eigenvalue weighted by molar-refractivity contribution is 7.66. The second-order valence-electron chi connectivity index (χ2n) is 6.40. The smallest absolute Gasteiger partial charge is 0.383 e. The van der Waals surface area contributed by atoms with Crippen molar-refractivity contribution in [3.8, 4) is 0 Å². The summed E-state index contributed by atoms with van der Waals surface area (Å²) < 4.78 is 53.2. The third kappa shape index (κ3) is 6.17. The van der Waals surface area contributed by atoms with Crippen LogP contribution in [0.3, 0.4) is 0 Å². The van der Waals surface area contributed by atoms with Gasteiger partial charge in [-0.3, -0.25) is 4.52 Å². The zero-order chi connectivity index (χ0) is 23.0. The Morgan fingerprint density at radius 1 is 1.13 bits per heavy atom. The molecule has 2 unspecified atom stereocenters. The van der Waals surface area contributed by atoms with Gasteiger partial charge in [-0.15, -0.1) is 0 Å². The van der Waals surface area contributed by atoms with Crippen LogP contribution in [0.2, 0.25) is 0 Å². The molecular formula is C12H20N5O11P3. The van der Waals surface area contributed by atoms with Gasteiger partial charge in [0.1, 0.15) is 24.0 Å². The molecule has 0 radical (unpaired) electrons. The Morgan fingerprint density at radius 3 is 2.48 bits per heavy atom. The number of anilines is 1. The molecule has 3 heterocycles. The Labute approximate surface area is 174 Å². The number of nitrogens with zero attached hydrogens (tertiary/aromatic N) is 3. The molecule has 0 aromatic carbocycles. The summed E-state index contributed by atoms with van der Waals surface area (Å²) in [5, 5.41) is 0.588. The number of ether oxygens (including phenoxy) is 1. The van der Waals surface area contributed by atoms with Crippen molar-refractivity contribution in [2.24, 2.45) is 5.73 Å². The molecule has 19 heteroatoms. The van der Waals surface area contributed by atoms with Gasteiger partial charge in [0, 0.05) is 12.7 Å². The molecular weight excluding hydrogens is 483 g/mol. The quantitative estimate of drug-likeness (QED) is 0.255. The van der Waals surface area contributed by atoms with E-state index in [4.69, 9.17) is 30.9 Å². The van der Waals surface area contributed by atoms with Crippen molar-refractivity contribution in [2.45, 2.75) is 31.7 Å². The minimum Gasteiger partial charge on any atom is -0.383 e. The molecule has 174 valence electrons. The molecule has 1 fully saturated rings. The molecule has 1 aliphatic heterocycles. The molecule has 31 heavy (non-hydrogen) atoms. The van der Waals surface area contributed by atoms with Crippen LogP contribution < -0.4 is 11.5 Å². The summed E-state index contributed by atoms with van der Waals surface area (Å²) in [6, 6.07) is 0. The molecule has 1 saturated heterocycles. The molecule has 8 N–H and O–H groups in total. The number of nitrogen functional groups attached to an aromatic ring is 1. The molecule has 0 aliphatic carbocycles. The van der Waals surface area contributed by atoms with E-state index < -0.39 is 42.4 Å². The number of aromatic nitrogens is 3. The Bertz CT molecular complexity index is 1100. The van der Waals surface area contributed by atoms with Crippen LogP contribution in [0.4, 0.5) is 5.82 Å². The third-order valence-electron chi connectivity index (χ3n) is 4.17. The molecule has 1 aliphatic rings. The SMILES string of the molecule is NCc1cn([C@H]2CC[C@@H](COP(=O)(O)OP(=O)(O)OP(=O)(O)O)O2)c2ncnc(N)c12. The van der Waals surface area contributed by atoms with E-state index in [2.05, 4.69) is 23.1 Å². The molecule has 2 aromatic heterocycles. The van der Waals surface area contributed by atoms with Crippen LogP contribution in [0.15, 0.2) is 12.5 Å². The summed E-state index contributed by atoms with van der Waals surface area (Å²) in [4.78, 5) is 43.9. The normalized spacial score (nSPS) is 23.6. The van der Waals surface area contributed by atoms with Gasteiger partial charge >= 0.3 is 23.5 Å². The van der Waals surface area contributed by atoms with Gasteiger partial charge < -0.3 is 40.3 Å². The van der Waals surface area contributed by atoms with E-state index in [9.17, 15) is 18.6 Å². The Balaban J connectivity index is 1.64. The van der Waals surface area contributed by atoms with Crippen molar-refractivity contribution in [2.75, 3.05) is 12.3 Å². The molecule has 3 rings (SSSR count). The maximum Gasteiger partial charge on any atom is 0.490 e. The average molecular weight is 503 g/mol. The average Bonchev–Trinajstić information content (AvgIpc) is 3.21. The minimum absolute atomic E-state index is 0.184. The van der Waals surface area contributed by atoms with Crippen LogP contribution in [0.25, 0.3) is 11.0 Å². The largest absolute Gasteiger partial charge is 0.490 e. The van der Waals surface area contributed by atoms with E-state index in [-0.39, 0.29) is 12.4 Å². The van der Waals surface area contributed by atoms with E-state index in [1.165, 1.54) is 6.33 Å². The lowest BCUT2D eigenvalue weighted by Crippen LogP contribution is -2.16. The fourth-order valence-corrected chi connectivity index (χ4v) is 6.10. The summed E-state index contributed by atoms with van der Waals surface area (Å²) >= 11 is 0. The summed E-state index contributed by atoms with van der Waals surface area (Å²) in [5.74, 6) is 0.256. The van der Waals surface area contributed by atoms with Crippen LogP contribution in [-0.2, 0) is 38.1 Å². The number of hydrogen-bond donors (Lipinski definition) is 6. The number of phosphoric ester groups is 1. The first-order valence-electron chi connectivity index (χ1n) is 8.54. The maximum absolute atomic E-state index is 11.8. The highest BCUT2D eigenvalue weighted by Gasteiger charge is 2.41. The fraction of sp³-hybridized carbons (Fsp3) is 0.500. The van der Waals surface area contributed by atoms with Crippen LogP contribution in [0, 0.1) is 0 Å². The van der Waals surface area contributed by atoms with Crippen LogP contribution in [0.5, 0.6) is 0 Å². The van der Waals surface area contributed by atoms with Gasteiger partial charge in [-0.2, -0.15) is 8.62 Å². The first-order valence-corrected chi connectivity index (χ1v) is 13.1. The predicted octanol–water partition coefficient (Wildman–Crippen LogP) is 0.493. The van der Waals surface area contributed by atoms with Gasteiger partial charge in [-0.25, -0.2) is 23.7 Å². The van der Waals surface area contributed by atoms with E-state index in [0.717, 1.165) is 0 Å². The van der Waals surface area contributed by atoms with Crippen LogP contribution in [-0.4, -0.2) is 46.8 Å². The highest BCUT2D eigenvalue weighted by atomic mass is 31.3. The van der Waals surface area contributed by atoms with Crippen molar-refractivity contribution in [3.63, 3.8) is 0 Å².